The topological polar surface area (TPSA) is 32.4 Å². The molecular weight excluding hydrogens is 1460 g/mol. The summed E-state index contributed by atoms with van der Waals surface area (Å²) in [4.78, 5) is 16.6. The average Bonchev–Trinajstić information content (AvgIpc) is 0.791. The van der Waals surface area contributed by atoms with E-state index >= 15 is 0 Å². The number of hydrogen-bond donors (Lipinski definition) is 0. The van der Waals surface area contributed by atoms with Crippen molar-refractivity contribution in [1.82, 2.24) is 43.6 Å². The van der Waals surface area contributed by atoms with Gasteiger partial charge in [0, 0.05) is 95.9 Å². The van der Waals surface area contributed by atoms with Crippen molar-refractivity contribution in [2.45, 2.75) is 207 Å². The fourth-order valence-corrected chi connectivity index (χ4v) is 28.7. The minimum absolute atomic E-state index is 0.426. The fourth-order valence-electron chi connectivity index (χ4n) is 21.5. The van der Waals surface area contributed by atoms with E-state index in [4.69, 9.17) is 0 Å². The first-order valence-corrected chi connectivity index (χ1v) is 48.0. The molecule has 13 heteroatoms. The van der Waals surface area contributed by atoms with Crippen molar-refractivity contribution < 1.29 is 0 Å². The maximum atomic E-state index is 2.72. The number of benzene rings is 7. The molecule has 0 aliphatic heterocycles. The molecule has 12 rings (SSSR count). The molecule has 7 aromatic rings. The summed E-state index contributed by atoms with van der Waals surface area (Å²) in [6.45, 7) is 24.3. The molecule has 11 unspecified atom stereocenters. The van der Waals surface area contributed by atoms with Gasteiger partial charge in [-0.15, -0.1) is 0 Å². The molecule has 0 spiro atoms. The van der Waals surface area contributed by atoms with Crippen LogP contribution < -0.4 is 36.5 Å². The molecule has 115 heavy (non-hydrogen) atoms. The minimum atomic E-state index is -0.694. The zero-order valence-electron chi connectivity index (χ0n) is 77.1. The van der Waals surface area contributed by atoms with Crippen LogP contribution >= 0.6 is 24.2 Å². The van der Waals surface area contributed by atoms with Crippen LogP contribution in [0.25, 0.3) is 0 Å². The maximum Gasteiger partial charge on any atom is 0.0547 e. The molecule has 0 heterocycles. The van der Waals surface area contributed by atoms with Crippen LogP contribution in [0.5, 0.6) is 0 Å². The summed E-state index contributed by atoms with van der Waals surface area (Å²) >= 11 is 0. The second kappa shape index (κ2) is 45.2. The molecular formula is C102H161N10P3. The summed E-state index contributed by atoms with van der Waals surface area (Å²) in [5.74, 6) is 2.23. The molecule has 0 bridgehead atoms. The van der Waals surface area contributed by atoms with E-state index in [1.807, 2.05) is 0 Å². The van der Waals surface area contributed by atoms with E-state index < -0.39 is 24.2 Å². The van der Waals surface area contributed by atoms with Crippen molar-refractivity contribution in [3.05, 3.63) is 212 Å². The Bertz CT molecular complexity index is 3710. The zero-order valence-corrected chi connectivity index (χ0v) is 79.8. The number of para-hydroxylation sites is 1. The summed E-state index contributed by atoms with van der Waals surface area (Å²) in [5, 5.41) is 8.54. The SMILES string of the molecule is CC(C)C1CCC(C)(CN(C)C)CC1N(C)C.CN(C)CC1(C)CC(N(C)C)CC(C)(C)C1.CN(C)CC1(C)CCCC(N(C)C)C1.CN(C)CC1(C)CCCC(N(C)P(c2ccccc2)c2ccccc2)C1.CN(c1ccccc1C1CCCC(N(C)P(c2ccccc2)c2ccccc2)C1)P(c1ccccc1)c1ccccc1. The molecule has 5 aliphatic rings. The lowest BCUT2D eigenvalue weighted by atomic mass is 9.62. The quantitative estimate of drug-likeness (QED) is 0.0516. The maximum absolute atomic E-state index is 2.72. The van der Waals surface area contributed by atoms with E-state index in [-0.39, 0.29) is 0 Å². The molecule has 5 fully saturated rings. The standard InChI is InChI=1S/C38H40N2P2.C23H33N2P.C15H32N2.C14H30N2.C12H26N2/c1-39(41(33-20-7-3-8-21-33)34-22-9-4-10-23-34)32-19-17-18-31(30-32)37-28-15-16-29-38(37)40(2)42(35-24-11-5-12-25-35)36-26-13-6-14-27-36;1-23(19-24(2)3)17-11-12-20(18-23)25(4)26(21-13-7-5-8-14-21)22-15-9-6-10-16-22;1-12(2)13-8-9-15(3,11-16(4)5)10-14(13)17(6)7;1-13(2)8-12(16(6)7)9-14(3,10-13)11-15(4)5;1-12(10-13(2)3)8-6-7-11(9-12)14(4)5/h3-16,20-29,31-32H,17-19,30H2,1-2H3;5-10,13-16,20H,11-12,17-19H2,1-4H3;12-14H,8-11H2,1-7H3;12H,8-11H2,1-7H3;11H,6-10H2,1-5H3. The number of anilines is 1. The molecule has 0 N–H and O–H groups in total. The zero-order chi connectivity index (χ0) is 83.8. The highest BCUT2D eigenvalue weighted by Gasteiger charge is 2.44. The van der Waals surface area contributed by atoms with Gasteiger partial charge in [0.15, 0.2) is 0 Å². The van der Waals surface area contributed by atoms with Crippen LogP contribution in [0.4, 0.5) is 5.69 Å². The predicted octanol–water partition coefficient (Wildman–Crippen LogP) is 20.3. The van der Waals surface area contributed by atoms with Crippen molar-refractivity contribution in [3.8, 4) is 0 Å². The molecule has 634 valence electrons. The Morgan fingerprint density at radius 2 is 0.661 bits per heavy atom. The average molecular weight is 1620 g/mol. The predicted molar refractivity (Wildman–Crippen MR) is 512 cm³/mol. The Morgan fingerprint density at radius 1 is 0.322 bits per heavy atom. The first-order valence-electron chi connectivity index (χ1n) is 44.1. The molecule has 0 amide bonds. The largest absolute Gasteiger partial charge is 0.346 e. The summed E-state index contributed by atoms with van der Waals surface area (Å²) in [6.07, 6.45) is 23.9. The smallest absolute Gasteiger partial charge is 0.0547 e. The molecule has 10 nitrogen and oxygen atoms in total. The molecule has 11 atom stereocenters. The van der Waals surface area contributed by atoms with Crippen LogP contribution in [0.15, 0.2) is 206 Å². The molecule has 5 saturated carbocycles. The van der Waals surface area contributed by atoms with Crippen LogP contribution in [0.1, 0.15) is 182 Å². The van der Waals surface area contributed by atoms with Crippen LogP contribution in [0.3, 0.4) is 0 Å². The van der Waals surface area contributed by atoms with Gasteiger partial charge >= 0.3 is 0 Å². The Balaban J connectivity index is 0.000000194. The third-order valence-corrected chi connectivity index (χ3v) is 33.4. The van der Waals surface area contributed by atoms with E-state index in [2.05, 4.69) is 430 Å². The van der Waals surface area contributed by atoms with Crippen LogP contribution in [-0.4, -0.2) is 220 Å². The van der Waals surface area contributed by atoms with E-state index in [1.165, 1.54) is 185 Å². The molecule has 0 aromatic heterocycles. The van der Waals surface area contributed by atoms with Gasteiger partial charge in [-0.05, 0) is 287 Å². The van der Waals surface area contributed by atoms with Gasteiger partial charge in [-0.25, -0.2) is 0 Å². The Hall–Kier alpha value is -4.73. The van der Waals surface area contributed by atoms with Crippen molar-refractivity contribution in [1.29, 1.82) is 0 Å². The third-order valence-electron chi connectivity index (χ3n) is 25.9. The summed E-state index contributed by atoms with van der Waals surface area (Å²) in [6, 6.07) is 79.3. The second-order valence-electron chi connectivity index (χ2n) is 39.9. The van der Waals surface area contributed by atoms with Gasteiger partial charge in [0.25, 0.3) is 0 Å². The number of rotatable bonds is 25. The van der Waals surface area contributed by atoms with Crippen molar-refractivity contribution in [3.63, 3.8) is 0 Å². The highest BCUT2D eigenvalue weighted by Crippen LogP contribution is 2.52. The highest BCUT2D eigenvalue weighted by molar-refractivity contribution is 7.74. The van der Waals surface area contributed by atoms with Crippen molar-refractivity contribution in [2.24, 2.45) is 38.9 Å². The monoisotopic (exact) mass is 1620 g/mol. The van der Waals surface area contributed by atoms with Crippen molar-refractivity contribution >= 4 is 61.7 Å². The summed E-state index contributed by atoms with van der Waals surface area (Å²) < 4.78 is 8.00. The van der Waals surface area contributed by atoms with Gasteiger partial charge < -0.3 is 39.0 Å². The van der Waals surface area contributed by atoms with Gasteiger partial charge in [-0.3, -0.25) is 9.34 Å². The lowest BCUT2D eigenvalue weighted by Crippen LogP contribution is -2.48. The van der Waals surface area contributed by atoms with E-state index in [0.717, 1.165) is 30.0 Å². The highest BCUT2D eigenvalue weighted by atomic mass is 31.1. The molecule has 7 aromatic carbocycles. The molecule has 0 radical (unpaired) electrons. The summed E-state index contributed by atoms with van der Waals surface area (Å²) in [5.41, 5.74) is 5.30. The van der Waals surface area contributed by atoms with Crippen LogP contribution in [0.2, 0.25) is 0 Å². The lowest BCUT2D eigenvalue weighted by molar-refractivity contribution is 0.0188. The molecule has 0 saturated heterocycles. The first kappa shape index (κ1) is 95.7. The van der Waals surface area contributed by atoms with Gasteiger partial charge in [-0.1, -0.05) is 275 Å². The Labute approximate surface area is 709 Å². The van der Waals surface area contributed by atoms with E-state index in [1.54, 1.807) is 0 Å². The lowest BCUT2D eigenvalue weighted by Gasteiger charge is -2.49. The fraction of sp³-hybridized carbons (Fsp3) is 0.588. The second-order valence-corrected chi connectivity index (χ2v) is 46.7. The van der Waals surface area contributed by atoms with Gasteiger partial charge in [0.1, 0.15) is 0 Å². The summed E-state index contributed by atoms with van der Waals surface area (Å²) in [7, 11) is 36.2. The van der Waals surface area contributed by atoms with Crippen LogP contribution in [0, 0.1) is 38.9 Å². The Morgan fingerprint density at radius 3 is 1.05 bits per heavy atom. The van der Waals surface area contributed by atoms with Crippen molar-refractivity contribution in [2.75, 3.05) is 151 Å². The van der Waals surface area contributed by atoms with E-state index in [0.29, 0.717) is 45.1 Å². The van der Waals surface area contributed by atoms with Gasteiger partial charge in [-0.2, -0.15) is 0 Å². The molecule has 5 aliphatic carbocycles. The third kappa shape index (κ3) is 29.3. The van der Waals surface area contributed by atoms with Gasteiger partial charge in [0.05, 0.1) is 8.07 Å². The van der Waals surface area contributed by atoms with E-state index in [9.17, 15) is 0 Å². The number of hydrogen-bond acceptors (Lipinski definition) is 10. The van der Waals surface area contributed by atoms with Gasteiger partial charge in [0.2, 0.25) is 0 Å². The minimum Gasteiger partial charge on any atom is -0.346 e. The van der Waals surface area contributed by atoms with Crippen LogP contribution in [-0.2, 0) is 0 Å². The first-order chi connectivity index (χ1) is 54.5. The number of nitrogens with zero attached hydrogens (tertiary/aromatic N) is 10. The normalized spacial score (nSPS) is 25.7. The Kier molecular flexibility index (Phi) is 37.7.